The van der Waals surface area contributed by atoms with E-state index in [4.69, 9.17) is 9.47 Å². The van der Waals surface area contributed by atoms with Gasteiger partial charge in [0.05, 0.1) is 6.42 Å². The standard InChI is InChI=1S/C17H17NO3/c1-11-3-4-12(2)14(7-11)18-17(19)9-13-5-6-15-16(8-13)21-10-20-15/h3-8H,9-10H2,1-2H3,(H,18,19). The van der Waals surface area contributed by atoms with Crippen LogP contribution < -0.4 is 14.8 Å². The molecule has 1 N–H and O–H groups in total. The Bertz CT molecular complexity index is 694. The average Bonchev–Trinajstić information content (AvgIpc) is 2.90. The highest BCUT2D eigenvalue weighted by Crippen LogP contribution is 2.32. The van der Waals surface area contributed by atoms with Crippen LogP contribution >= 0.6 is 0 Å². The molecule has 0 saturated heterocycles. The summed E-state index contributed by atoms with van der Waals surface area (Å²) in [6.07, 6.45) is 0.310. The molecule has 1 amide bonds. The van der Waals surface area contributed by atoms with Crippen LogP contribution in [0.15, 0.2) is 36.4 Å². The molecule has 4 heteroatoms. The normalized spacial score (nSPS) is 12.3. The molecule has 21 heavy (non-hydrogen) atoms. The van der Waals surface area contributed by atoms with Gasteiger partial charge in [-0.25, -0.2) is 0 Å². The van der Waals surface area contributed by atoms with Crippen molar-refractivity contribution in [2.24, 2.45) is 0 Å². The SMILES string of the molecule is Cc1ccc(C)c(NC(=O)Cc2ccc3c(c2)OCO3)c1. The van der Waals surface area contributed by atoms with Crippen LogP contribution in [0.4, 0.5) is 5.69 Å². The summed E-state index contributed by atoms with van der Waals surface area (Å²) in [6.45, 7) is 4.23. The Morgan fingerprint density at radius 1 is 1.10 bits per heavy atom. The number of hydrogen-bond acceptors (Lipinski definition) is 3. The number of carbonyl (C=O) groups is 1. The molecule has 0 unspecified atom stereocenters. The predicted octanol–water partition coefficient (Wildman–Crippen LogP) is 3.21. The first-order valence-electron chi connectivity index (χ1n) is 6.87. The average molecular weight is 283 g/mol. The van der Waals surface area contributed by atoms with Crippen molar-refractivity contribution in [2.75, 3.05) is 12.1 Å². The zero-order valence-corrected chi connectivity index (χ0v) is 12.1. The Morgan fingerprint density at radius 2 is 1.90 bits per heavy atom. The third kappa shape index (κ3) is 2.99. The van der Waals surface area contributed by atoms with Crippen molar-refractivity contribution < 1.29 is 14.3 Å². The van der Waals surface area contributed by atoms with E-state index in [1.807, 2.05) is 50.2 Å². The zero-order chi connectivity index (χ0) is 14.8. The van der Waals surface area contributed by atoms with Crippen molar-refractivity contribution >= 4 is 11.6 Å². The van der Waals surface area contributed by atoms with Gasteiger partial charge < -0.3 is 14.8 Å². The van der Waals surface area contributed by atoms with Gasteiger partial charge in [-0.05, 0) is 48.7 Å². The molecular formula is C17H17NO3. The quantitative estimate of drug-likeness (QED) is 0.941. The van der Waals surface area contributed by atoms with Crippen molar-refractivity contribution in [3.05, 3.63) is 53.1 Å². The maximum atomic E-state index is 12.2. The van der Waals surface area contributed by atoms with Crippen LogP contribution in [0.5, 0.6) is 11.5 Å². The Labute approximate surface area is 123 Å². The lowest BCUT2D eigenvalue weighted by Crippen LogP contribution is -2.15. The molecule has 0 atom stereocenters. The second-order valence-corrected chi connectivity index (χ2v) is 5.23. The number of carbonyl (C=O) groups excluding carboxylic acids is 1. The van der Waals surface area contributed by atoms with E-state index in [2.05, 4.69) is 5.32 Å². The van der Waals surface area contributed by atoms with E-state index in [9.17, 15) is 4.79 Å². The number of anilines is 1. The second-order valence-electron chi connectivity index (χ2n) is 5.23. The van der Waals surface area contributed by atoms with E-state index in [1.165, 1.54) is 0 Å². The van der Waals surface area contributed by atoms with Crippen molar-refractivity contribution in [1.29, 1.82) is 0 Å². The van der Waals surface area contributed by atoms with Crippen LogP contribution in [-0.4, -0.2) is 12.7 Å². The number of aryl methyl sites for hydroxylation is 2. The van der Waals surface area contributed by atoms with Crippen molar-refractivity contribution in [3.8, 4) is 11.5 Å². The lowest BCUT2D eigenvalue weighted by molar-refractivity contribution is -0.115. The van der Waals surface area contributed by atoms with Gasteiger partial charge in [0.25, 0.3) is 0 Å². The Balaban J connectivity index is 1.70. The predicted molar refractivity (Wildman–Crippen MR) is 80.8 cm³/mol. The van der Waals surface area contributed by atoms with Gasteiger partial charge in [-0.15, -0.1) is 0 Å². The first-order chi connectivity index (χ1) is 10.1. The smallest absolute Gasteiger partial charge is 0.231 e. The van der Waals surface area contributed by atoms with Gasteiger partial charge in [-0.2, -0.15) is 0 Å². The minimum absolute atomic E-state index is 0.0393. The number of benzene rings is 2. The summed E-state index contributed by atoms with van der Waals surface area (Å²) in [7, 11) is 0. The van der Waals surface area contributed by atoms with Gasteiger partial charge in [-0.1, -0.05) is 18.2 Å². The largest absolute Gasteiger partial charge is 0.454 e. The minimum Gasteiger partial charge on any atom is -0.454 e. The van der Waals surface area contributed by atoms with E-state index in [0.717, 1.165) is 28.1 Å². The van der Waals surface area contributed by atoms with Crippen LogP contribution in [0, 0.1) is 13.8 Å². The maximum absolute atomic E-state index is 12.2. The molecule has 0 saturated carbocycles. The topological polar surface area (TPSA) is 47.6 Å². The van der Waals surface area contributed by atoms with Gasteiger partial charge in [0.2, 0.25) is 12.7 Å². The highest BCUT2D eigenvalue weighted by molar-refractivity contribution is 5.93. The fourth-order valence-corrected chi connectivity index (χ4v) is 2.30. The van der Waals surface area contributed by atoms with Crippen LogP contribution in [0.3, 0.4) is 0 Å². The fourth-order valence-electron chi connectivity index (χ4n) is 2.30. The van der Waals surface area contributed by atoms with Crippen molar-refractivity contribution in [2.45, 2.75) is 20.3 Å². The van der Waals surface area contributed by atoms with Crippen LogP contribution in [-0.2, 0) is 11.2 Å². The first kappa shape index (κ1) is 13.5. The minimum atomic E-state index is -0.0393. The van der Waals surface area contributed by atoms with Crippen LogP contribution in [0.25, 0.3) is 0 Å². The van der Waals surface area contributed by atoms with Gasteiger partial charge >= 0.3 is 0 Å². The number of nitrogens with one attached hydrogen (secondary N) is 1. The monoisotopic (exact) mass is 283 g/mol. The molecule has 108 valence electrons. The highest BCUT2D eigenvalue weighted by atomic mass is 16.7. The Hall–Kier alpha value is -2.49. The molecule has 1 heterocycles. The summed E-state index contributed by atoms with van der Waals surface area (Å²) < 4.78 is 10.6. The van der Waals surface area contributed by atoms with Crippen LogP contribution in [0.2, 0.25) is 0 Å². The second kappa shape index (κ2) is 5.48. The summed E-state index contributed by atoms with van der Waals surface area (Å²) in [6, 6.07) is 11.6. The molecule has 0 aromatic heterocycles. The number of rotatable bonds is 3. The summed E-state index contributed by atoms with van der Waals surface area (Å²) in [5.74, 6) is 1.39. The van der Waals surface area contributed by atoms with E-state index in [1.54, 1.807) is 0 Å². The van der Waals surface area contributed by atoms with Crippen molar-refractivity contribution in [1.82, 2.24) is 0 Å². The number of hydrogen-bond donors (Lipinski definition) is 1. The lowest BCUT2D eigenvalue weighted by atomic mass is 10.1. The number of amides is 1. The third-order valence-electron chi connectivity index (χ3n) is 3.47. The molecule has 0 bridgehead atoms. The first-order valence-corrected chi connectivity index (χ1v) is 6.87. The molecule has 0 fully saturated rings. The van der Waals surface area contributed by atoms with E-state index in [0.29, 0.717) is 12.2 Å². The number of fused-ring (bicyclic) bond motifs is 1. The summed E-state index contributed by atoms with van der Waals surface area (Å²) in [4.78, 5) is 12.2. The summed E-state index contributed by atoms with van der Waals surface area (Å²) >= 11 is 0. The van der Waals surface area contributed by atoms with Gasteiger partial charge in [-0.3, -0.25) is 4.79 Å². The molecule has 3 rings (SSSR count). The summed E-state index contributed by atoms with van der Waals surface area (Å²) in [5, 5.41) is 2.96. The van der Waals surface area contributed by atoms with E-state index >= 15 is 0 Å². The lowest BCUT2D eigenvalue weighted by Gasteiger charge is -2.09. The molecule has 0 spiro atoms. The molecule has 0 radical (unpaired) electrons. The molecule has 4 nitrogen and oxygen atoms in total. The Morgan fingerprint density at radius 3 is 2.76 bits per heavy atom. The molecule has 1 aliphatic rings. The van der Waals surface area contributed by atoms with Gasteiger partial charge in [0, 0.05) is 5.69 Å². The summed E-state index contributed by atoms with van der Waals surface area (Å²) in [5.41, 5.74) is 3.95. The molecule has 1 aliphatic heterocycles. The third-order valence-corrected chi connectivity index (χ3v) is 3.47. The molecule has 2 aromatic carbocycles. The maximum Gasteiger partial charge on any atom is 0.231 e. The Kier molecular flexibility index (Phi) is 3.52. The molecular weight excluding hydrogens is 266 g/mol. The van der Waals surface area contributed by atoms with E-state index < -0.39 is 0 Å². The zero-order valence-electron chi connectivity index (χ0n) is 12.1. The fraction of sp³-hybridized carbons (Fsp3) is 0.235. The number of ether oxygens (including phenoxy) is 2. The van der Waals surface area contributed by atoms with Crippen molar-refractivity contribution in [3.63, 3.8) is 0 Å². The molecule has 0 aliphatic carbocycles. The molecule has 2 aromatic rings. The highest BCUT2D eigenvalue weighted by Gasteiger charge is 2.14. The van der Waals surface area contributed by atoms with Gasteiger partial charge in [0.1, 0.15) is 0 Å². The van der Waals surface area contributed by atoms with Crippen LogP contribution in [0.1, 0.15) is 16.7 Å². The van der Waals surface area contributed by atoms with Gasteiger partial charge in [0.15, 0.2) is 11.5 Å². The van der Waals surface area contributed by atoms with E-state index in [-0.39, 0.29) is 12.7 Å².